The molecule has 7 heteroatoms. The summed E-state index contributed by atoms with van der Waals surface area (Å²) < 4.78 is 1.76. The van der Waals surface area contributed by atoms with E-state index in [0.717, 1.165) is 25.0 Å². The molecule has 1 aromatic heterocycles. The standard InChI is InChI=1S/C27H27N3O3S/c1-16(2)29-22-12-6-8-17-7-5-9-18-15-34-21-11-4-3-10-19(21)24(23(17)18)30(22)28-14-13-20(31)26(32)25(28)27(29)33/h3-5,7,9-11,13-14,16,22,24,32H,6,8,12,15H2,1-2H3/t22-,24+/m0/s1. The van der Waals surface area contributed by atoms with Gasteiger partial charge in [-0.05, 0) is 61.4 Å². The fraction of sp³-hybridized carbons (Fsp3) is 0.333. The summed E-state index contributed by atoms with van der Waals surface area (Å²) in [5.74, 6) is 0.102. The van der Waals surface area contributed by atoms with E-state index in [1.807, 2.05) is 30.5 Å². The van der Waals surface area contributed by atoms with Gasteiger partial charge in [-0.2, -0.15) is 0 Å². The molecular formula is C27H27N3O3S. The molecule has 3 aromatic rings. The minimum atomic E-state index is -0.535. The van der Waals surface area contributed by atoms with Gasteiger partial charge >= 0.3 is 0 Å². The summed E-state index contributed by atoms with van der Waals surface area (Å²) in [6.45, 7) is 4.00. The van der Waals surface area contributed by atoms with Crippen LogP contribution in [0.25, 0.3) is 0 Å². The van der Waals surface area contributed by atoms with Crippen molar-refractivity contribution in [2.45, 2.75) is 62.0 Å². The van der Waals surface area contributed by atoms with Crippen LogP contribution in [0.2, 0.25) is 0 Å². The summed E-state index contributed by atoms with van der Waals surface area (Å²) in [6.07, 6.45) is 4.15. The molecule has 34 heavy (non-hydrogen) atoms. The normalized spacial score (nSPS) is 21.1. The predicted molar refractivity (Wildman–Crippen MR) is 133 cm³/mol. The van der Waals surface area contributed by atoms with Gasteiger partial charge in [0.2, 0.25) is 5.43 Å². The van der Waals surface area contributed by atoms with Gasteiger partial charge < -0.3 is 10.0 Å². The maximum Gasteiger partial charge on any atom is 0.278 e. The fourth-order valence-electron chi connectivity index (χ4n) is 5.84. The van der Waals surface area contributed by atoms with Crippen LogP contribution in [0, 0.1) is 0 Å². The third-order valence-corrected chi connectivity index (χ3v) is 8.39. The van der Waals surface area contributed by atoms with E-state index in [1.54, 1.807) is 10.9 Å². The third-order valence-electron chi connectivity index (χ3n) is 7.25. The SMILES string of the molecule is CC(C)N1C(=O)c2c(O)c(=O)ccn2N2[C@@H]3c4ccccc4SCc4cccc(c43)CCC[C@@H]12. The average molecular weight is 474 g/mol. The van der Waals surface area contributed by atoms with Gasteiger partial charge in [-0.1, -0.05) is 36.4 Å². The van der Waals surface area contributed by atoms with Crippen molar-refractivity contribution in [2.75, 3.05) is 5.01 Å². The van der Waals surface area contributed by atoms with E-state index in [0.29, 0.717) is 0 Å². The molecule has 0 fully saturated rings. The van der Waals surface area contributed by atoms with Crippen LogP contribution in [0.5, 0.6) is 5.75 Å². The summed E-state index contributed by atoms with van der Waals surface area (Å²) in [7, 11) is 0. The molecule has 6 nitrogen and oxygen atoms in total. The van der Waals surface area contributed by atoms with E-state index in [1.165, 1.54) is 33.2 Å². The number of aryl methyl sites for hydroxylation is 1. The van der Waals surface area contributed by atoms with Crippen molar-refractivity contribution in [1.29, 1.82) is 0 Å². The first-order valence-electron chi connectivity index (χ1n) is 11.9. The first-order chi connectivity index (χ1) is 16.5. The van der Waals surface area contributed by atoms with E-state index in [4.69, 9.17) is 0 Å². The van der Waals surface area contributed by atoms with E-state index in [-0.39, 0.29) is 29.9 Å². The Balaban J connectivity index is 1.71. The number of thioether (sulfide) groups is 1. The van der Waals surface area contributed by atoms with Gasteiger partial charge in [0.05, 0.1) is 6.04 Å². The zero-order valence-electron chi connectivity index (χ0n) is 19.3. The molecule has 4 heterocycles. The molecule has 0 spiro atoms. The lowest BCUT2D eigenvalue weighted by Crippen LogP contribution is -2.64. The van der Waals surface area contributed by atoms with Crippen LogP contribution in [0.4, 0.5) is 0 Å². The van der Waals surface area contributed by atoms with Crippen LogP contribution >= 0.6 is 11.8 Å². The number of benzene rings is 2. The van der Waals surface area contributed by atoms with Crippen molar-refractivity contribution in [2.24, 2.45) is 0 Å². The van der Waals surface area contributed by atoms with Gasteiger partial charge in [-0.15, -0.1) is 11.8 Å². The van der Waals surface area contributed by atoms with Gasteiger partial charge in [0.1, 0.15) is 6.17 Å². The summed E-state index contributed by atoms with van der Waals surface area (Å²) in [4.78, 5) is 29.2. The minimum absolute atomic E-state index is 0.0476. The zero-order chi connectivity index (χ0) is 23.6. The second kappa shape index (κ2) is 7.94. The summed E-state index contributed by atoms with van der Waals surface area (Å²) in [5, 5.41) is 13.0. The van der Waals surface area contributed by atoms with Gasteiger partial charge in [-0.3, -0.25) is 19.3 Å². The molecule has 1 amide bonds. The molecule has 2 atom stereocenters. The number of carbonyl (C=O) groups is 1. The molecule has 6 rings (SSSR count). The second-order valence-electron chi connectivity index (χ2n) is 9.50. The highest BCUT2D eigenvalue weighted by molar-refractivity contribution is 7.98. The monoisotopic (exact) mass is 473 g/mol. The summed E-state index contributed by atoms with van der Waals surface area (Å²) >= 11 is 1.84. The Morgan fingerprint density at radius 3 is 2.65 bits per heavy atom. The van der Waals surface area contributed by atoms with Crippen LogP contribution < -0.4 is 10.4 Å². The number of hydrogen-bond acceptors (Lipinski definition) is 5. The number of pyridine rings is 1. The Labute approximate surface area is 202 Å². The number of aromatic hydroxyl groups is 1. The first kappa shape index (κ1) is 21.4. The van der Waals surface area contributed by atoms with Crippen molar-refractivity contribution in [3.05, 3.63) is 92.9 Å². The minimum Gasteiger partial charge on any atom is -0.502 e. The van der Waals surface area contributed by atoms with Gasteiger partial charge in [0.15, 0.2) is 11.4 Å². The second-order valence-corrected chi connectivity index (χ2v) is 10.5. The molecule has 0 bridgehead atoms. The van der Waals surface area contributed by atoms with E-state index >= 15 is 0 Å². The molecule has 0 radical (unpaired) electrons. The van der Waals surface area contributed by atoms with Crippen LogP contribution in [-0.2, 0) is 12.2 Å². The molecule has 2 aromatic carbocycles. The Kier molecular flexibility index (Phi) is 4.99. The Morgan fingerprint density at radius 1 is 1.03 bits per heavy atom. The predicted octanol–water partition coefficient (Wildman–Crippen LogP) is 4.41. The van der Waals surface area contributed by atoms with Crippen molar-refractivity contribution in [1.82, 2.24) is 9.58 Å². The van der Waals surface area contributed by atoms with Crippen molar-refractivity contribution >= 4 is 17.7 Å². The number of fused-ring (bicyclic) bond motifs is 6. The quantitative estimate of drug-likeness (QED) is 0.567. The number of nitrogens with zero attached hydrogens (tertiary/aromatic N) is 3. The fourth-order valence-corrected chi connectivity index (χ4v) is 6.93. The summed E-state index contributed by atoms with van der Waals surface area (Å²) in [6, 6.07) is 16.2. The van der Waals surface area contributed by atoms with Crippen LogP contribution in [0.15, 0.2) is 64.4 Å². The number of aromatic nitrogens is 1. The molecule has 0 saturated heterocycles. The third kappa shape index (κ3) is 3.03. The number of hydrogen-bond donors (Lipinski definition) is 1. The maximum atomic E-state index is 13.7. The Hall–Kier alpha value is -3.19. The molecule has 3 aliphatic heterocycles. The molecular weight excluding hydrogens is 446 g/mol. The Bertz CT molecular complexity index is 1370. The van der Waals surface area contributed by atoms with E-state index in [2.05, 4.69) is 47.5 Å². The van der Waals surface area contributed by atoms with Gasteiger partial charge in [0.25, 0.3) is 5.91 Å². The van der Waals surface area contributed by atoms with Crippen LogP contribution in [0.1, 0.15) is 65.5 Å². The Morgan fingerprint density at radius 2 is 1.82 bits per heavy atom. The van der Waals surface area contributed by atoms with Crippen molar-refractivity contribution in [3.8, 4) is 5.75 Å². The highest BCUT2D eigenvalue weighted by Gasteiger charge is 2.46. The molecule has 3 aliphatic rings. The topological polar surface area (TPSA) is 65.8 Å². The lowest BCUT2D eigenvalue weighted by atomic mass is 9.85. The van der Waals surface area contributed by atoms with Crippen LogP contribution in [-0.4, -0.2) is 32.8 Å². The average Bonchev–Trinajstić information content (AvgIpc) is 2.97. The first-order valence-corrected chi connectivity index (χ1v) is 12.8. The maximum absolute atomic E-state index is 13.7. The smallest absolute Gasteiger partial charge is 0.278 e. The molecule has 1 N–H and O–H groups in total. The molecule has 0 aliphatic carbocycles. The lowest BCUT2D eigenvalue weighted by molar-refractivity contribution is 0.0440. The van der Waals surface area contributed by atoms with Crippen LogP contribution in [0.3, 0.4) is 0 Å². The number of carbonyl (C=O) groups excluding carboxylic acids is 1. The number of amides is 1. The van der Waals surface area contributed by atoms with E-state index < -0.39 is 11.2 Å². The van der Waals surface area contributed by atoms with Crippen molar-refractivity contribution in [3.63, 3.8) is 0 Å². The number of rotatable bonds is 1. The molecule has 0 saturated carbocycles. The highest BCUT2D eigenvalue weighted by Crippen LogP contribution is 2.47. The molecule has 0 unspecified atom stereocenters. The largest absolute Gasteiger partial charge is 0.502 e. The molecule has 174 valence electrons. The van der Waals surface area contributed by atoms with Crippen molar-refractivity contribution < 1.29 is 9.90 Å². The highest BCUT2D eigenvalue weighted by atomic mass is 32.2. The van der Waals surface area contributed by atoms with Gasteiger partial charge in [-0.25, -0.2) is 0 Å². The van der Waals surface area contributed by atoms with Gasteiger partial charge in [0, 0.05) is 29.0 Å². The lowest BCUT2D eigenvalue weighted by Gasteiger charge is -2.52. The zero-order valence-corrected chi connectivity index (χ0v) is 20.1. The van der Waals surface area contributed by atoms with E-state index in [9.17, 15) is 14.7 Å². The summed E-state index contributed by atoms with van der Waals surface area (Å²) in [5.41, 5.74) is 4.61.